The highest BCUT2D eigenvalue weighted by Crippen LogP contribution is 2.31. The van der Waals surface area contributed by atoms with Gasteiger partial charge in [-0.2, -0.15) is 5.10 Å². The first-order valence-electron chi connectivity index (χ1n) is 11.1. The van der Waals surface area contributed by atoms with Gasteiger partial charge in [-0.3, -0.25) is 14.5 Å². The lowest BCUT2D eigenvalue weighted by atomic mass is 10.1. The summed E-state index contributed by atoms with van der Waals surface area (Å²) < 4.78 is 16.5. The molecule has 1 aromatic carbocycles. The van der Waals surface area contributed by atoms with Gasteiger partial charge in [0.15, 0.2) is 5.82 Å². The summed E-state index contributed by atoms with van der Waals surface area (Å²) in [5.41, 5.74) is 9.31. The monoisotopic (exact) mass is 460 g/mol. The van der Waals surface area contributed by atoms with Crippen molar-refractivity contribution in [1.82, 2.24) is 24.7 Å². The zero-order chi connectivity index (χ0) is 23.5. The number of hydrogen-bond donors (Lipinski definition) is 3. The number of carbonyl (C=O) groups is 1. The molecular weight excluding hydrogens is 435 g/mol. The SMILES string of the molecule is NC1CCCN(c2c(F)cccc2NC(=O)c2ncc(-c3cnn(Cc4cccnc4)c3)[nH]2)C1. The number of aromatic nitrogens is 5. The molecule has 4 aromatic rings. The number of carbonyl (C=O) groups excluding carboxylic acids is 1. The average molecular weight is 461 g/mol. The number of aromatic amines is 1. The van der Waals surface area contributed by atoms with E-state index in [0.29, 0.717) is 36.7 Å². The van der Waals surface area contributed by atoms with Crippen molar-refractivity contribution in [2.75, 3.05) is 23.3 Å². The van der Waals surface area contributed by atoms with Crippen molar-refractivity contribution in [2.24, 2.45) is 5.73 Å². The number of H-pyrrole nitrogens is 1. The Morgan fingerprint density at radius 1 is 1.24 bits per heavy atom. The summed E-state index contributed by atoms with van der Waals surface area (Å²) in [7, 11) is 0. The summed E-state index contributed by atoms with van der Waals surface area (Å²) in [5, 5.41) is 7.17. The summed E-state index contributed by atoms with van der Waals surface area (Å²) in [6, 6.07) is 8.47. The Balaban J connectivity index is 1.31. The first kappa shape index (κ1) is 21.8. The Morgan fingerprint density at radius 2 is 2.15 bits per heavy atom. The van der Waals surface area contributed by atoms with E-state index in [0.717, 1.165) is 24.0 Å². The Bertz CT molecular complexity index is 1290. The molecule has 5 rings (SSSR count). The van der Waals surface area contributed by atoms with E-state index in [9.17, 15) is 9.18 Å². The number of benzene rings is 1. The van der Waals surface area contributed by atoms with E-state index in [1.54, 1.807) is 41.6 Å². The average Bonchev–Trinajstić information content (AvgIpc) is 3.50. The number of anilines is 2. The highest BCUT2D eigenvalue weighted by Gasteiger charge is 2.23. The molecule has 0 radical (unpaired) electrons. The zero-order valence-corrected chi connectivity index (χ0v) is 18.5. The first-order chi connectivity index (χ1) is 16.6. The molecule has 1 saturated heterocycles. The van der Waals surface area contributed by atoms with Crippen LogP contribution in [0.1, 0.15) is 29.0 Å². The molecule has 0 bridgehead atoms. The van der Waals surface area contributed by atoms with Crippen molar-refractivity contribution in [1.29, 1.82) is 0 Å². The van der Waals surface area contributed by atoms with E-state index in [-0.39, 0.29) is 11.9 Å². The summed E-state index contributed by atoms with van der Waals surface area (Å²) in [6.07, 6.45) is 10.4. The fourth-order valence-electron chi connectivity index (χ4n) is 4.18. The predicted molar refractivity (Wildman–Crippen MR) is 127 cm³/mol. The number of amides is 1. The Labute approximate surface area is 195 Å². The van der Waals surface area contributed by atoms with Crippen molar-refractivity contribution >= 4 is 17.3 Å². The highest BCUT2D eigenvalue weighted by atomic mass is 19.1. The largest absolute Gasteiger partial charge is 0.366 e. The van der Waals surface area contributed by atoms with Crippen LogP contribution < -0.4 is 16.0 Å². The van der Waals surface area contributed by atoms with Crippen molar-refractivity contribution in [3.05, 3.63) is 78.5 Å². The molecule has 34 heavy (non-hydrogen) atoms. The molecule has 9 nitrogen and oxygen atoms in total. The van der Waals surface area contributed by atoms with Gasteiger partial charge in [-0.05, 0) is 36.6 Å². The van der Waals surface area contributed by atoms with Crippen molar-refractivity contribution in [3.63, 3.8) is 0 Å². The molecule has 1 amide bonds. The summed E-state index contributed by atoms with van der Waals surface area (Å²) in [6.45, 7) is 1.81. The molecule has 1 unspecified atom stereocenters. The van der Waals surface area contributed by atoms with Crippen LogP contribution in [0.4, 0.5) is 15.8 Å². The van der Waals surface area contributed by atoms with E-state index in [1.165, 1.54) is 6.07 Å². The minimum Gasteiger partial charge on any atom is -0.366 e. The van der Waals surface area contributed by atoms with E-state index in [1.807, 2.05) is 23.2 Å². The van der Waals surface area contributed by atoms with Crippen LogP contribution in [0.3, 0.4) is 0 Å². The number of nitrogens with zero attached hydrogens (tertiary/aromatic N) is 5. The van der Waals surface area contributed by atoms with Crippen LogP contribution in [-0.4, -0.2) is 49.8 Å². The van der Waals surface area contributed by atoms with Gasteiger partial charge < -0.3 is 20.9 Å². The molecule has 0 spiro atoms. The lowest BCUT2D eigenvalue weighted by Crippen LogP contribution is -2.43. The van der Waals surface area contributed by atoms with E-state index in [2.05, 4.69) is 25.4 Å². The molecule has 1 atom stereocenters. The number of hydrogen-bond acceptors (Lipinski definition) is 6. The van der Waals surface area contributed by atoms with Crippen LogP contribution in [0.2, 0.25) is 0 Å². The van der Waals surface area contributed by atoms with Crippen molar-refractivity contribution in [2.45, 2.75) is 25.4 Å². The van der Waals surface area contributed by atoms with Gasteiger partial charge in [-0.1, -0.05) is 12.1 Å². The normalized spacial score (nSPS) is 15.9. The molecule has 1 aliphatic rings. The van der Waals surface area contributed by atoms with Gasteiger partial charge in [0.1, 0.15) is 5.82 Å². The summed E-state index contributed by atoms with van der Waals surface area (Å²) in [5.74, 6) is -0.726. The van der Waals surface area contributed by atoms with Gasteiger partial charge >= 0.3 is 0 Å². The Kier molecular flexibility index (Phi) is 6.05. The number of imidazole rings is 1. The van der Waals surface area contributed by atoms with E-state index >= 15 is 0 Å². The number of halogens is 1. The van der Waals surface area contributed by atoms with Crippen LogP contribution in [0.5, 0.6) is 0 Å². The fourth-order valence-corrected chi connectivity index (χ4v) is 4.18. The third-order valence-corrected chi connectivity index (χ3v) is 5.81. The smallest absolute Gasteiger partial charge is 0.291 e. The maximum Gasteiger partial charge on any atom is 0.291 e. The van der Waals surface area contributed by atoms with Crippen molar-refractivity contribution in [3.8, 4) is 11.3 Å². The second kappa shape index (κ2) is 9.44. The topological polar surface area (TPSA) is 118 Å². The third kappa shape index (κ3) is 4.67. The highest BCUT2D eigenvalue weighted by molar-refractivity contribution is 6.04. The van der Waals surface area contributed by atoms with Gasteiger partial charge in [0.2, 0.25) is 0 Å². The van der Waals surface area contributed by atoms with Crippen LogP contribution >= 0.6 is 0 Å². The molecule has 10 heteroatoms. The van der Waals surface area contributed by atoms with Gasteiger partial charge in [-0.25, -0.2) is 9.37 Å². The van der Waals surface area contributed by atoms with Crippen LogP contribution in [0.15, 0.2) is 61.3 Å². The van der Waals surface area contributed by atoms with Crippen LogP contribution in [0.25, 0.3) is 11.3 Å². The second-order valence-corrected chi connectivity index (χ2v) is 8.37. The quantitative estimate of drug-likeness (QED) is 0.407. The van der Waals surface area contributed by atoms with Crippen LogP contribution in [-0.2, 0) is 6.54 Å². The van der Waals surface area contributed by atoms with Crippen molar-refractivity contribution < 1.29 is 9.18 Å². The number of nitrogens with two attached hydrogens (primary N) is 1. The molecule has 1 fully saturated rings. The second-order valence-electron chi connectivity index (χ2n) is 8.37. The zero-order valence-electron chi connectivity index (χ0n) is 18.5. The predicted octanol–water partition coefficient (Wildman–Crippen LogP) is 3.04. The van der Waals surface area contributed by atoms with Gasteiger partial charge in [0.05, 0.1) is 36.0 Å². The Morgan fingerprint density at radius 3 is 2.97 bits per heavy atom. The van der Waals surface area contributed by atoms with Gasteiger partial charge in [0, 0.05) is 43.3 Å². The Hall–Kier alpha value is -4.05. The molecule has 3 aromatic heterocycles. The number of pyridine rings is 1. The minimum absolute atomic E-state index is 0.0244. The van der Waals surface area contributed by atoms with Gasteiger partial charge in [-0.15, -0.1) is 0 Å². The minimum atomic E-state index is -0.456. The molecule has 4 heterocycles. The number of piperidine rings is 1. The molecule has 4 N–H and O–H groups in total. The number of para-hydroxylation sites is 1. The molecular formula is C24H25FN8O. The number of rotatable bonds is 6. The molecule has 1 aliphatic heterocycles. The van der Waals surface area contributed by atoms with Gasteiger partial charge in [0.25, 0.3) is 5.91 Å². The number of nitrogens with one attached hydrogen (secondary N) is 2. The van der Waals surface area contributed by atoms with Crippen LogP contribution in [0, 0.1) is 5.82 Å². The standard InChI is InChI=1S/C24H25FN8O/c25-19-6-1-7-20(22(19)32-9-3-5-18(26)15-32)31-24(34)23-28-12-21(30-23)17-11-29-33(14-17)13-16-4-2-8-27-10-16/h1-2,4,6-8,10-12,14,18H,3,5,9,13,15,26H2,(H,28,30)(H,31,34). The summed E-state index contributed by atoms with van der Waals surface area (Å²) in [4.78, 5) is 26.2. The lowest BCUT2D eigenvalue weighted by molar-refractivity contribution is 0.101. The molecule has 0 aliphatic carbocycles. The lowest BCUT2D eigenvalue weighted by Gasteiger charge is -2.34. The fraction of sp³-hybridized carbons (Fsp3) is 0.250. The maximum absolute atomic E-state index is 14.7. The third-order valence-electron chi connectivity index (χ3n) is 5.81. The first-order valence-corrected chi connectivity index (χ1v) is 11.1. The maximum atomic E-state index is 14.7. The van der Waals surface area contributed by atoms with E-state index in [4.69, 9.17) is 5.73 Å². The molecule has 174 valence electrons. The molecule has 0 saturated carbocycles. The summed E-state index contributed by atoms with van der Waals surface area (Å²) >= 11 is 0. The van der Waals surface area contributed by atoms with E-state index < -0.39 is 11.7 Å².